The molecule has 1 aromatic carbocycles. The van der Waals surface area contributed by atoms with Crippen LogP contribution in [0.5, 0.6) is 0 Å². The number of nitro groups is 1. The first-order valence-corrected chi connectivity index (χ1v) is 6.85. The van der Waals surface area contributed by atoms with Crippen LogP contribution in [-0.2, 0) is 0 Å². The fourth-order valence-corrected chi connectivity index (χ4v) is 2.64. The smallest absolute Gasteiger partial charge is 0.272 e. The zero-order valence-corrected chi connectivity index (χ0v) is 11.6. The molecule has 5 heteroatoms. The van der Waals surface area contributed by atoms with Gasteiger partial charge in [0.2, 0.25) is 0 Å². The number of benzene rings is 1. The lowest BCUT2D eigenvalue weighted by Crippen LogP contribution is -2.37. The van der Waals surface area contributed by atoms with Crippen LogP contribution in [0.4, 0.5) is 11.4 Å². The number of nitrogens with zero attached hydrogens (tertiary/aromatic N) is 2. The molecule has 0 aliphatic carbocycles. The first-order valence-electron chi connectivity index (χ1n) is 6.85. The third-order valence-electron chi connectivity index (χ3n) is 3.73. The topological polar surface area (TPSA) is 58.4 Å². The maximum atomic E-state index is 10.8. The third kappa shape index (κ3) is 3.23. The molecule has 1 N–H and O–H groups in total. The summed E-state index contributed by atoms with van der Waals surface area (Å²) in [6.07, 6.45) is 2.45. The van der Waals surface area contributed by atoms with Gasteiger partial charge in [-0.2, -0.15) is 0 Å². The van der Waals surface area contributed by atoms with Gasteiger partial charge in [-0.15, -0.1) is 0 Å². The van der Waals surface area contributed by atoms with Crippen LogP contribution in [0.3, 0.4) is 0 Å². The van der Waals surface area contributed by atoms with Crippen molar-refractivity contribution in [1.29, 1.82) is 0 Å². The molecule has 5 nitrogen and oxygen atoms in total. The van der Waals surface area contributed by atoms with E-state index >= 15 is 0 Å². The Morgan fingerprint density at radius 2 is 2.32 bits per heavy atom. The van der Waals surface area contributed by atoms with Gasteiger partial charge in [0.25, 0.3) is 5.69 Å². The molecular weight excluding hydrogens is 242 g/mol. The molecule has 1 unspecified atom stereocenters. The molecule has 0 bridgehead atoms. The second-order valence-electron chi connectivity index (χ2n) is 5.06. The molecule has 1 saturated heterocycles. The second kappa shape index (κ2) is 6.02. The molecule has 1 heterocycles. The predicted molar refractivity (Wildman–Crippen MR) is 76.7 cm³/mol. The molecular formula is C14H21N3O2. The largest absolute Gasteiger partial charge is 0.370 e. The Morgan fingerprint density at radius 1 is 1.53 bits per heavy atom. The van der Waals surface area contributed by atoms with Crippen molar-refractivity contribution >= 4 is 11.4 Å². The monoisotopic (exact) mass is 263 g/mol. The molecule has 0 spiro atoms. The molecule has 1 aromatic rings. The van der Waals surface area contributed by atoms with Crippen molar-refractivity contribution in [2.24, 2.45) is 0 Å². The molecule has 0 saturated carbocycles. The highest BCUT2D eigenvalue weighted by Crippen LogP contribution is 2.24. The number of nitrogens with one attached hydrogen (secondary N) is 1. The van der Waals surface area contributed by atoms with Crippen LogP contribution in [0.25, 0.3) is 0 Å². The molecule has 1 aliphatic rings. The Balaban J connectivity index is 2.13. The van der Waals surface area contributed by atoms with E-state index in [4.69, 9.17) is 0 Å². The van der Waals surface area contributed by atoms with Crippen molar-refractivity contribution in [3.8, 4) is 0 Å². The summed E-state index contributed by atoms with van der Waals surface area (Å²) in [7, 11) is 0. The van der Waals surface area contributed by atoms with Crippen LogP contribution < -0.4 is 10.2 Å². The fraction of sp³-hybridized carbons (Fsp3) is 0.571. The van der Waals surface area contributed by atoms with E-state index in [-0.39, 0.29) is 10.6 Å². The van der Waals surface area contributed by atoms with E-state index in [1.165, 1.54) is 12.8 Å². The van der Waals surface area contributed by atoms with Crippen LogP contribution >= 0.6 is 0 Å². The Labute approximate surface area is 113 Å². The van der Waals surface area contributed by atoms with E-state index in [0.29, 0.717) is 6.04 Å². The number of aryl methyl sites for hydroxylation is 1. The number of anilines is 1. The third-order valence-corrected chi connectivity index (χ3v) is 3.73. The van der Waals surface area contributed by atoms with Gasteiger partial charge in [-0.1, -0.05) is 0 Å². The quantitative estimate of drug-likeness (QED) is 0.655. The molecule has 104 valence electrons. The molecule has 0 amide bonds. The summed E-state index contributed by atoms with van der Waals surface area (Å²) in [5.41, 5.74) is 1.98. The van der Waals surface area contributed by atoms with Crippen molar-refractivity contribution < 1.29 is 4.92 Å². The lowest BCUT2D eigenvalue weighted by molar-refractivity contribution is -0.385. The zero-order valence-electron chi connectivity index (χ0n) is 11.6. The number of hydrogen-bond donors (Lipinski definition) is 1. The number of rotatable bonds is 5. The first kappa shape index (κ1) is 13.8. The number of nitro benzene ring substituents is 1. The lowest BCUT2D eigenvalue weighted by Gasteiger charge is -2.26. The van der Waals surface area contributed by atoms with Crippen molar-refractivity contribution in [1.82, 2.24) is 5.32 Å². The average Bonchev–Trinajstić information content (AvgIpc) is 2.88. The van der Waals surface area contributed by atoms with Crippen LogP contribution in [0.2, 0.25) is 0 Å². The minimum absolute atomic E-state index is 0.193. The molecule has 0 radical (unpaired) electrons. The molecule has 19 heavy (non-hydrogen) atoms. The maximum Gasteiger partial charge on any atom is 0.272 e. The van der Waals surface area contributed by atoms with Gasteiger partial charge in [0.1, 0.15) is 0 Å². The molecule has 2 rings (SSSR count). The van der Waals surface area contributed by atoms with Crippen molar-refractivity contribution in [3.63, 3.8) is 0 Å². The summed E-state index contributed by atoms with van der Waals surface area (Å²) in [4.78, 5) is 12.8. The van der Waals surface area contributed by atoms with E-state index in [1.807, 2.05) is 12.1 Å². The van der Waals surface area contributed by atoms with E-state index < -0.39 is 0 Å². The van der Waals surface area contributed by atoms with Crippen LogP contribution in [-0.4, -0.2) is 30.6 Å². The van der Waals surface area contributed by atoms with Gasteiger partial charge in [0.15, 0.2) is 0 Å². The van der Waals surface area contributed by atoms with Crippen LogP contribution in [0.1, 0.15) is 25.3 Å². The number of hydrogen-bond acceptors (Lipinski definition) is 4. The predicted octanol–water partition coefficient (Wildman–Crippen LogP) is 2.48. The van der Waals surface area contributed by atoms with Gasteiger partial charge in [0, 0.05) is 36.4 Å². The standard InChI is InChI=1S/C14H21N3O2/c1-3-16(10-12-5-4-8-15-12)13-6-7-14(17(18)19)11(2)9-13/h6-7,9,12,15H,3-5,8,10H2,1-2H3. The Morgan fingerprint density at radius 3 is 2.84 bits per heavy atom. The van der Waals surface area contributed by atoms with E-state index in [9.17, 15) is 10.1 Å². The first-order chi connectivity index (χ1) is 9.11. The summed E-state index contributed by atoms with van der Waals surface area (Å²) in [6.45, 7) is 6.89. The highest BCUT2D eigenvalue weighted by atomic mass is 16.6. The average molecular weight is 263 g/mol. The normalized spacial score (nSPS) is 18.5. The molecule has 1 aliphatic heterocycles. The van der Waals surface area contributed by atoms with E-state index in [2.05, 4.69) is 17.1 Å². The van der Waals surface area contributed by atoms with Gasteiger partial charge in [-0.3, -0.25) is 10.1 Å². The SMILES string of the molecule is CCN(CC1CCCN1)c1ccc([N+](=O)[O-])c(C)c1. The van der Waals surface area contributed by atoms with Gasteiger partial charge >= 0.3 is 0 Å². The van der Waals surface area contributed by atoms with Crippen molar-refractivity contribution in [2.75, 3.05) is 24.5 Å². The molecule has 1 atom stereocenters. The van der Waals surface area contributed by atoms with Crippen molar-refractivity contribution in [2.45, 2.75) is 32.7 Å². The van der Waals surface area contributed by atoms with Gasteiger partial charge in [0.05, 0.1) is 4.92 Å². The fourth-order valence-electron chi connectivity index (χ4n) is 2.64. The summed E-state index contributed by atoms with van der Waals surface area (Å²) in [5, 5.41) is 14.3. The summed E-state index contributed by atoms with van der Waals surface area (Å²) in [6, 6.07) is 5.91. The van der Waals surface area contributed by atoms with Crippen molar-refractivity contribution in [3.05, 3.63) is 33.9 Å². The summed E-state index contributed by atoms with van der Waals surface area (Å²) < 4.78 is 0. The van der Waals surface area contributed by atoms with Gasteiger partial charge in [-0.05, 0) is 45.4 Å². The second-order valence-corrected chi connectivity index (χ2v) is 5.06. The highest BCUT2D eigenvalue weighted by Gasteiger charge is 2.18. The van der Waals surface area contributed by atoms with E-state index in [0.717, 1.165) is 30.9 Å². The lowest BCUT2D eigenvalue weighted by atomic mass is 10.1. The number of likely N-dealkylation sites (N-methyl/N-ethyl adjacent to an activating group) is 1. The maximum absolute atomic E-state index is 10.8. The Kier molecular flexibility index (Phi) is 4.37. The van der Waals surface area contributed by atoms with Crippen LogP contribution in [0.15, 0.2) is 18.2 Å². The molecule has 0 aromatic heterocycles. The van der Waals surface area contributed by atoms with E-state index in [1.54, 1.807) is 13.0 Å². The minimum Gasteiger partial charge on any atom is -0.370 e. The zero-order chi connectivity index (χ0) is 13.8. The van der Waals surface area contributed by atoms with Gasteiger partial charge in [-0.25, -0.2) is 0 Å². The summed E-state index contributed by atoms with van der Waals surface area (Å²) in [5.74, 6) is 0. The van der Waals surface area contributed by atoms with Gasteiger partial charge < -0.3 is 10.2 Å². The Bertz CT molecular complexity index is 456. The summed E-state index contributed by atoms with van der Waals surface area (Å²) >= 11 is 0. The highest BCUT2D eigenvalue weighted by molar-refractivity contribution is 5.55. The minimum atomic E-state index is -0.325. The Hall–Kier alpha value is -1.62. The molecule has 1 fully saturated rings. The van der Waals surface area contributed by atoms with Crippen LogP contribution in [0, 0.1) is 17.0 Å².